The maximum Gasteiger partial charge on any atom is 0.163 e. The van der Waals surface area contributed by atoms with Crippen LogP contribution in [0.3, 0.4) is 0 Å². The predicted octanol–water partition coefficient (Wildman–Crippen LogP) is 1.40. The quantitative estimate of drug-likeness (QED) is 0.563. The molecule has 1 aromatic rings. The van der Waals surface area contributed by atoms with Gasteiger partial charge in [0.1, 0.15) is 0 Å². The fourth-order valence-electron chi connectivity index (χ4n) is 1.52. The van der Waals surface area contributed by atoms with E-state index in [4.69, 9.17) is 5.73 Å². The highest BCUT2D eigenvalue weighted by Crippen LogP contribution is 2.26. The highest BCUT2D eigenvalue weighted by atomic mass is 16.1. The second kappa shape index (κ2) is 2.09. The average molecular weight is 147 g/mol. The zero-order chi connectivity index (χ0) is 7.84. The number of carbonyl (C=O) groups is 1. The van der Waals surface area contributed by atoms with Crippen molar-refractivity contribution in [3.63, 3.8) is 0 Å². The summed E-state index contributed by atoms with van der Waals surface area (Å²) in [5.74, 6) is 0.229. The van der Waals surface area contributed by atoms with Crippen molar-refractivity contribution in [2.45, 2.75) is 12.8 Å². The standard InChI is InChI=1S/C9H9NO/c10-8-3-1-2-7-6(8)4-5-9(7)11/h1-3H,4-5,10H2. The smallest absolute Gasteiger partial charge is 0.163 e. The highest BCUT2D eigenvalue weighted by Gasteiger charge is 2.20. The first-order valence-corrected chi connectivity index (χ1v) is 3.69. The maximum absolute atomic E-state index is 11.2. The van der Waals surface area contributed by atoms with Crippen molar-refractivity contribution in [1.29, 1.82) is 0 Å². The second-order valence-electron chi connectivity index (χ2n) is 2.80. The zero-order valence-corrected chi connectivity index (χ0v) is 6.13. The Morgan fingerprint density at radius 3 is 2.82 bits per heavy atom. The fraction of sp³-hybridized carbons (Fsp3) is 0.222. The lowest BCUT2D eigenvalue weighted by Crippen LogP contribution is -1.94. The van der Waals surface area contributed by atoms with E-state index < -0.39 is 0 Å². The molecule has 0 unspecified atom stereocenters. The van der Waals surface area contributed by atoms with Gasteiger partial charge in [-0.05, 0) is 18.1 Å². The first-order chi connectivity index (χ1) is 5.29. The molecule has 0 bridgehead atoms. The summed E-state index contributed by atoms with van der Waals surface area (Å²) in [4.78, 5) is 11.2. The molecule has 2 heteroatoms. The molecule has 1 aliphatic carbocycles. The van der Waals surface area contributed by atoms with Crippen molar-refractivity contribution >= 4 is 11.5 Å². The van der Waals surface area contributed by atoms with E-state index in [1.165, 1.54) is 0 Å². The number of Topliss-reactive ketones (excluding diaryl/α,β-unsaturated/α-hetero) is 1. The minimum atomic E-state index is 0.229. The van der Waals surface area contributed by atoms with Crippen LogP contribution in [-0.4, -0.2) is 5.78 Å². The van der Waals surface area contributed by atoms with Gasteiger partial charge in [-0.15, -0.1) is 0 Å². The molecule has 0 amide bonds. The normalized spacial score (nSPS) is 15.1. The third-order valence-corrected chi connectivity index (χ3v) is 2.11. The Morgan fingerprint density at radius 2 is 2.09 bits per heavy atom. The predicted molar refractivity (Wildman–Crippen MR) is 43.5 cm³/mol. The van der Waals surface area contributed by atoms with Gasteiger partial charge in [0.05, 0.1) is 0 Å². The molecule has 0 aliphatic heterocycles. The summed E-state index contributed by atoms with van der Waals surface area (Å²) < 4.78 is 0. The minimum Gasteiger partial charge on any atom is -0.398 e. The van der Waals surface area contributed by atoms with E-state index in [1.54, 1.807) is 0 Å². The summed E-state index contributed by atoms with van der Waals surface area (Å²) in [5.41, 5.74) is 8.30. The summed E-state index contributed by atoms with van der Waals surface area (Å²) >= 11 is 0. The second-order valence-corrected chi connectivity index (χ2v) is 2.80. The molecule has 0 fully saturated rings. The van der Waals surface area contributed by atoms with E-state index in [0.29, 0.717) is 6.42 Å². The Morgan fingerprint density at radius 1 is 1.27 bits per heavy atom. The molecule has 0 saturated carbocycles. The topological polar surface area (TPSA) is 43.1 Å². The SMILES string of the molecule is Nc1cccc2c1CCC2=O. The Labute approximate surface area is 65.0 Å². The van der Waals surface area contributed by atoms with Crippen molar-refractivity contribution in [3.05, 3.63) is 29.3 Å². The Balaban J connectivity index is 2.66. The van der Waals surface area contributed by atoms with Gasteiger partial charge in [0.15, 0.2) is 5.78 Å². The molecule has 1 aliphatic rings. The van der Waals surface area contributed by atoms with Crippen molar-refractivity contribution in [2.24, 2.45) is 0 Å². The van der Waals surface area contributed by atoms with Gasteiger partial charge in [0.2, 0.25) is 0 Å². The number of ketones is 1. The average Bonchev–Trinajstić information content (AvgIpc) is 2.35. The minimum absolute atomic E-state index is 0.229. The lowest BCUT2D eigenvalue weighted by Gasteiger charge is -1.99. The van der Waals surface area contributed by atoms with Crippen LogP contribution in [-0.2, 0) is 6.42 Å². The molecule has 11 heavy (non-hydrogen) atoms. The zero-order valence-electron chi connectivity index (χ0n) is 6.13. The molecule has 1 aromatic carbocycles. The molecule has 0 radical (unpaired) electrons. The molecular weight excluding hydrogens is 138 g/mol. The molecule has 0 atom stereocenters. The van der Waals surface area contributed by atoms with Crippen LogP contribution in [0.25, 0.3) is 0 Å². The molecule has 0 heterocycles. The van der Waals surface area contributed by atoms with Gasteiger partial charge in [-0.25, -0.2) is 0 Å². The van der Waals surface area contributed by atoms with Crippen LogP contribution in [0.4, 0.5) is 5.69 Å². The lowest BCUT2D eigenvalue weighted by molar-refractivity contribution is 0.0994. The van der Waals surface area contributed by atoms with Gasteiger partial charge < -0.3 is 5.73 Å². The van der Waals surface area contributed by atoms with Crippen molar-refractivity contribution in [2.75, 3.05) is 5.73 Å². The van der Waals surface area contributed by atoms with Gasteiger partial charge in [0, 0.05) is 17.7 Å². The van der Waals surface area contributed by atoms with Crippen molar-refractivity contribution < 1.29 is 4.79 Å². The largest absolute Gasteiger partial charge is 0.398 e. The molecule has 2 N–H and O–H groups in total. The Bertz CT molecular complexity index is 317. The van der Waals surface area contributed by atoms with Crippen molar-refractivity contribution in [3.8, 4) is 0 Å². The Kier molecular flexibility index (Phi) is 1.22. The van der Waals surface area contributed by atoms with Crippen LogP contribution in [0.15, 0.2) is 18.2 Å². The van der Waals surface area contributed by atoms with Gasteiger partial charge in [-0.3, -0.25) is 4.79 Å². The first-order valence-electron chi connectivity index (χ1n) is 3.69. The maximum atomic E-state index is 11.2. The Hall–Kier alpha value is -1.31. The number of hydrogen-bond donors (Lipinski definition) is 1. The first kappa shape index (κ1) is 6.40. The number of benzene rings is 1. The van der Waals surface area contributed by atoms with Crippen LogP contribution in [0.2, 0.25) is 0 Å². The number of nitrogens with two attached hydrogens (primary N) is 1. The van der Waals surface area contributed by atoms with E-state index in [9.17, 15) is 4.79 Å². The number of carbonyl (C=O) groups excluding carboxylic acids is 1. The number of hydrogen-bond acceptors (Lipinski definition) is 2. The molecule has 56 valence electrons. The van der Waals surface area contributed by atoms with Crippen LogP contribution < -0.4 is 5.73 Å². The third kappa shape index (κ3) is 0.827. The van der Waals surface area contributed by atoms with E-state index in [2.05, 4.69) is 0 Å². The van der Waals surface area contributed by atoms with Gasteiger partial charge in [0.25, 0.3) is 0 Å². The van der Waals surface area contributed by atoms with Crippen molar-refractivity contribution in [1.82, 2.24) is 0 Å². The van der Waals surface area contributed by atoms with Gasteiger partial charge in [-0.1, -0.05) is 12.1 Å². The summed E-state index contributed by atoms with van der Waals surface area (Å²) in [6, 6.07) is 5.52. The fourth-order valence-corrected chi connectivity index (χ4v) is 1.52. The van der Waals surface area contributed by atoms with Crippen LogP contribution in [0.5, 0.6) is 0 Å². The third-order valence-electron chi connectivity index (χ3n) is 2.11. The molecule has 0 saturated heterocycles. The summed E-state index contributed by atoms with van der Waals surface area (Å²) in [5, 5.41) is 0. The van der Waals surface area contributed by atoms with Crippen LogP contribution in [0.1, 0.15) is 22.3 Å². The van der Waals surface area contributed by atoms with E-state index >= 15 is 0 Å². The van der Waals surface area contributed by atoms with Crippen LogP contribution in [0, 0.1) is 0 Å². The summed E-state index contributed by atoms with van der Waals surface area (Å²) in [6.07, 6.45) is 1.45. The van der Waals surface area contributed by atoms with E-state index in [-0.39, 0.29) is 5.78 Å². The van der Waals surface area contributed by atoms with E-state index in [0.717, 1.165) is 23.2 Å². The number of rotatable bonds is 0. The lowest BCUT2D eigenvalue weighted by atomic mass is 10.1. The van der Waals surface area contributed by atoms with E-state index in [1.807, 2.05) is 18.2 Å². The summed E-state index contributed by atoms with van der Waals surface area (Å²) in [6.45, 7) is 0. The number of nitrogen functional groups attached to an aromatic ring is 1. The number of anilines is 1. The monoisotopic (exact) mass is 147 g/mol. The van der Waals surface area contributed by atoms with Gasteiger partial charge >= 0.3 is 0 Å². The van der Waals surface area contributed by atoms with Gasteiger partial charge in [-0.2, -0.15) is 0 Å². The highest BCUT2D eigenvalue weighted by molar-refractivity contribution is 6.01. The molecule has 2 rings (SSSR count). The summed E-state index contributed by atoms with van der Waals surface area (Å²) in [7, 11) is 0. The molecule has 2 nitrogen and oxygen atoms in total. The number of fused-ring (bicyclic) bond motifs is 1. The van der Waals surface area contributed by atoms with Crippen LogP contribution >= 0.6 is 0 Å². The molecule has 0 aromatic heterocycles. The molecular formula is C9H9NO. The molecule has 0 spiro atoms.